The van der Waals surface area contributed by atoms with Gasteiger partial charge >= 0.3 is 6.36 Å². The van der Waals surface area contributed by atoms with Crippen molar-refractivity contribution in [1.29, 1.82) is 0 Å². The Morgan fingerprint density at radius 2 is 1.89 bits per heavy atom. The number of benzene rings is 1. The summed E-state index contributed by atoms with van der Waals surface area (Å²) < 4.78 is 40.7. The number of hydrogen-bond acceptors (Lipinski definition) is 3. The van der Waals surface area contributed by atoms with Crippen LogP contribution in [0, 0.1) is 0 Å². The van der Waals surface area contributed by atoms with E-state index in [9.17, 15) is 18.3 Å². The average molecular weight is 263 g/mol. The van der Waals surface area contributed by atoms with Gasteiger partial charge in [-0.1, -0.05) is 31.5 Å². The Hall–Kier alpha value is -1.27. The molecule has 0 radical (unpaired) electrons. The van der Waals surface area contributed by atoms with Crippen molar-refractivity contribution in [2.75, 3.05) is 6.54 Å². The van der Waals surface area contributed by atoms with Crippen molar-refractivity contribution in [1.82, 2.24) is 0 Å². The molecule has 1 aromatic rings. The molecule has 0 bridgehead atoms. The van der Waals surface area contributed by atoms with E-state index in [4.69, 9.17) is 5.73 Å². The summed E-state index contributed by atoms with van der Waals surface area (Å²) in [6.45, 7) is 1.65. The molecule has 3 N–H and O–H groups in total. The van der Waals surface area contributed by atoms with Crippen molar-refractivity contribution in [2.24, 2.45) is 5.73 Å². The summed E-state index contributed by atoms with van der Waals surface area (Å²) in [7, 11) is 0. The molecular formula is C12H16F3NO2. The topological polar surface area (TPSA) is 55.5 Å². The molecule has 0 aromatic heterocycles. The molecule has 102 valence electrons. The molecule has 1 rings (SSSR count). The lowest BCUT2D eigenvalue weighted by Gasteiger charge is -2.28. The minimum atomic E-state index is -4.79. The first-order valence-corrected chi connectivity index (χ1v) is 5.60. The van der Waals surface area contributed by atoms with Gasteiger partial charge in [-0.2, -0.15) is 0 Å². The molecule has 0 saturated heterocycles. The second kappa shape index (κ2) is 5.58. The van der Waals surface area contributed by atoms with Crippen LogP contribution >= 0.6 is 0 Å². The van der Waals surface area contributed by atoms with Crippen LogP contribution in [0.1, 0.15) is 25.3 Å². The molecule has 3 nitrogen and oxygen atoms in total. The van der Waals surface area contributed by atoms with Gasteiger partial charge in [0.05, 0.1) is 0 Å². The molecule has 0 aliphatic heterocycles. The molecule has 1 atom stereocenters. The van der Waals surface area contributed by atoms with Gasteiger partial charge in [0.2, 0.25) is 0 Å². The van der Waals surface area contributed by atoms with Crippen molar-refractivity contribution in [3.05, 3.63) is 29.8 Å². The largest absolute Gasteiger partial charge is 0.573 e. The van der Waals surface area contributed by atoms with Crippen molar-refractivity contribution >= 4 is 0 Å². The third kappa shape index (κ3) is 3.61. The molecule has 0 aliphatic rings. The van der Waals surface area contributed by atoms with Crippen LogP contribution in [-0.4, -0.2) is 18.0 Å². The highest BCUT2D eigenvalue weighted by Gasteiger charge is 2.36. The zero-order valence-corrected chi connectivity index (χ0v) is 10.00. The summed E-state index contributed by atoms with van der Waals surface area (Å²) in [6.07, 6.45) is -3.94. The van der Waals surface area contributed by atoms with E-state index in [-0.39, 0.29) is 18.5 Å². The zero-order chi connectivity index (χ0) is 13.8. The van der Waals surface area contributed by atoms with Crippen LogP contribution in [0.3, 0.4) is 0 Å². The lowest BCUT2D eigenvalue weighted by atomic mass is 9.89. The minimum Gasteiger partial charge on any atom is -0.405 e. The average Bonchev–Trinajstić information content (AvgIpc) is 2.28. The third-order valence-electron chi connectivity index (χ3n) is 2.62. The van der Waals surface area contributed by atoms with E-state index in [1.54, 1.807) is 0 Å². The molecule has 6 heteroatoms. The van der Waals surface area contributed by atoms with Crippen LogP contribution < -0.4 is 10.5 Å². The number of alkyl halides is 3. The SMILES string of the molecule is CCCC(O)(CN)c1ccccc1OC(F)(F)F. The fourth-order valence-corrected chi connectivity index (χ4v) is 1.83. The number of aliphatic hydroxyl groups is 1. The van der Waals surface area contributed by atoms with Crippen LogP contribution in [0.2, 0.25) is 0 Å². The smallest absolute Gasteiger partial charge is 0.405 e. The number of halogens is 3. The van der Waals surface area contributed by atoms with Crippen molar-refractivity contribution < 1.29 is 23.0 Å². The number of rotatable bonds is 5. The number of para-hydroxylation sites is 1. The van der Waals surface area contributed by atoms with E-state index >= 15 is 0 Å². The summed E-state index contributed by atoms with van der Waals surface area (Å²) in [4.78, 5) is 0. The van der Waals surface area contributed by atoms with Gasteiger partial charge in [-0.3, -0.25) is 0 Å². The van der Waals surface area contributed by atoms with Gasteiger partial charge in [0.15, 0.2) is 0 Å². The third-order valence-corrected chi connectivity index (χ3v) is 2.62. The van der Waals surface area contributed by atoms with Gasteiger partial charge in [-0.15, -0.1) is 13.2 Å². The Labute approximate surface area is 103 Å². The highest BCUT2D eigenvalue weighted by Crippen LogP contribution is 2.35. The Morgan fingerprint density at radius 1 is 1.28 bits per heavy atom. The lowest BCUT2D eigenvalue weighted by molar-refractivity contribution is -0.275. The van der Waals surface area contributed by atoms with Crippen molar-refractivity contribution in [3.63, 3.8) is 0 Å². The monoisotopic (exact) mass is 263 g/mol. The van der Waals surface area contributed by atoms with Gasteiger partial charge in [-0.05, 0) is 12.5 Å². The van der Waals surface area contributed by atoms with Crippen LogP contribution in [0.15, 0.2) is 24.3 Å². The molecule has 0 heterocycles. The first kappa shape index (κ1) is 14.8. The highest BCUT2D eigenvalue weighted by molar-refractivity contribution is 5.38. The van der Waals surface area contributed by atoms with Crippen LogP contribution in [0.4, 0.5) is 13.2 Å². The van der Waals surface area contributed by atoms with Crippen LogP contribution in [0.25, 0.3) is 0 Å². The van der Waals surface area contributed by atoms with Crippen molar-refractivity contribution in [3.8, 4) is 5.75 Å². The summed E-state index contributed by atoms with van der Waals surface area (Å²) in [6, 6.07) is 5.50. The van der Waals surface area contributed by atoms with E-state index in [0.29, 0.717) is 6.42 Å². The number of hydrogen-bond donors (Lipinski definition) is 2. The second-order valence-electron chi connectivity index (χ2n) is 4.03. The van der Waals surface area contributed by atoms with Crippen LogP contribution in [0.5, 0.6) is 5.75 Å². The Balaban J connectivity index is 3.15. The first-order chi connectivity index (χ1) is 8.32. The fourth-order valence-electron chi connectivity index (χ4n) is 1.83. The Kier molecular flexibility index (Phi) is 4.59. The molecule has 0 fully saturated rings. The summed E-state index contributed by atoms with van der Waals surface area (Å²) in [5, 5.41) is 10.3. The predicted octanol–water partition coefficient (Wildman–Crippen LogP) is 2.53. The Morgan fingerprint density at radius 3 is 2.39 bits per heavy atom. The van der Waals surface area contributed by atoms with E-state index in [1.165, 1.54) is 24.3 Å². The molecule has 18 heavy (non-hydrogen) atoms. The summed E-state index contributed by atoms with van der Waals surface area (Å²) in [5.41, 5.74) is 4.03. The standard InChI is InChI=1S/C12H16F3NO2/c1-2-7-11(17,8-16)9-5-3-4-6-10(9)18-12(13,14)15/h3-6,17H,2,7-8,16H2,1H3. The maximum absolute atomic E-state index is 12.3. The summed E-state index contributed by atoms with van der Waals surface area (Å²) in [5.74, 6) is -0.411. The quantitative estimate of drug-likeness (QED) is 0.858. The molecule has 0 amide bonds. The highest BCUT2D eigenvalue weighted by atomic mass is 19.4. The van der Waals surface area contributed by atoms with Crippen molar-refractivity contribution in [2.45, 2.75) is 31.7 Å². The Bertz CT molecular complexity index is 395. The fraction of sp³-hybridized carbons (Fsp3) is 0.500. The van der Waals surface area contributed by atoms with Gasteiger partial charge in [-0.25, -0.2) is 0 Å². The maximum Gasteiger partial charge on any atom is 0.573 e. The lowest BCUT2D eigenvalue weighted by Crippen LogP contribution is -2.35. The molecule has 0 aliphatic carbocycles. The second-order valence-corrected chi connectivity index (χ2v) is 4.03. The molecule has 0 spiro atoms. The molecule has 1 aromatic carbocycles. The number of ether oxygens (including phenoxy) is 1. The summed E-state index contributed by atoms with van der Waals surface area (Å²) >= 11 is 0. The van der Waals surface area contributed by atoms with E-state index in [2.05, 4.69) is 4.74 Å². The number of nitrogens with two attached hydrogens (primary N) is 1. The van der Waals surface area contributed by atoms with Gasteiger partial charge in [0.25, 0.3) is 0 Å². The van der Waals surface area contributed by atoms with E-state index < -0.39 is 17.7 Å². The zero-order valence-electron chi connectivity index (χ0n) is 10.00. The minimum absolute atomic E-state index is 0.0617. The normalized spacial score (nSPS) is 15.2. The van der Waals surface area contributed by atoms with E-state index in [1.807, 2.05) is 6.92 Å². The van der Waals surface area contributed by atoms with Crippen LogP contribution in [-0.2, 0) is 5.60 Å². The van der Waals surface area contributed by atoms with Gasteiger partial charge in [0, 0.05) is 12.1 Å². The van der Waals surface area contributed by atoms with E-state index in [0.717, 1.165) is 0 Å². The molecule has 0 saturated carbocycles. The first-order valence-electron chi connectivity index (χ1n) is 5.60. The predicted molar refractivity (Wildman–Crippen MR) is 61.0 cm³/mol. The maximum atomic E-state index is 12.3. The molecular weight excluding hydrogens is 247 g/mol. The van der Waals surface area contributed by atoms with Gasteiger partial charge in [0.1, 0.15) is 11.4 Å². The molecule has 1 unspecified atom stereocenters. The van der Waals surface area contributed by atoms with Gasteiger partial charge < -0.3 is 15.6 Å².